The fraction of sp³-hybridized carbons (Fsp3) is 0.143. The van der Waals surface area contributed by atoms with Crippen molar-refractivity contribution < 1.29 is 9.78 Å². The number of carbonyl (C=O) groups is 1. The Morgan fingerprint density at radius 2 is 2.00 bits per heavy atom. The summed E-state index contributed by atoms with van der Waals surface area (Å²) in [7, 11) is 0. The van der Waals surface area contributed by atoms with E-state index in [1.165, 1.54) is 0 Å². The molecule has 2 N–H and O–H groups in total. The maximum atomic E-state index is 12.0. The highest BCUT2D eigenvalue weighted by atomic mass is 35.5. The van der Waals surface area contributed by atoms with Gasteiger partial charge in [-0.2, -0.15) is 0 Å². The van der Waals surface area contributed by atoms with Gasteiger partial charge in [-0.3, -0.25) is 0 Å². The third-order valence-electron chi connectivity index (χ3n) is 2.48. The minimum absolute atomic E-state index is 0.182. The fourth-order valence-electron chi connectivity index (χ4n) is 1.79. The lowest BCUT2D eigenvalue weighted by Gasteiger charge is -2.01. The van der Waals surface area contributed by atoms with Crippen LogP contribution >= 0.6 is 11.6 Å². The highest BCUT2D eigenvalue weighted by molar-refractivity contribution is 6.31. The average molecular weight is 262 g/mol. The van der Waals surface area contributed by atoms with Crippen LogP contribution in [0, 0.1) is 13.8 Å². The number of amides is 1. The Labute approximate surface area is 111 Å². The van der Waals surface area contributed by atoms with Crippen molar-refractivity contribution in [2.45, 2.75) is 13.8 Å². The maximum Gasteiger partial charge on any atom is 0.339 e. The van der Waals surface area contributed by atoms with E-state index in [0.29, 0.717) is 16.4 Å². The Morgan fingerprint density at radius 1 is 1.22 bits per heavy atom. The summed E-state index contributed by atoms with van der Waals surface area (Å²) < 4.78 is 0. The molecule has 0 bridgehead atoms. The van der Waals surface area contributed by atoms with E-state index in [9.17, 15) is 4.79 Å². The molecule has 3 nitrogen and oxygen atoms in total. The summed E-state index contributed by atoms with van der Waals surface area (Å²) >= 11 is 5.85. The van der Waals surface area contributed by atoms with Gasteiger partial charge in [0.05, 0.1) is 11.3 Å². The summed E-state index contributed by atoms with van der Waals surface area (Å²) in [4.78, 5) is 15.1. The fourth-order valence-corrected chi connectivity index (χ4v) is 1.98. The van der Waals surface area contributed by atoms with Crippen molar-refractivity contribution in [2.75, 3.05) is 5.32 Å². The van der Waals surface area contributed by atoms with Crippen LogP contribution in [0.5, 0.6) is 0 Å². The molecule has 0 aliphatic heterocycles. The van der Waals surface area contributed by atoms with Crippen LogP contribution in [0.3, 0.4) is 0 Å². The molecule has 0 saturated heterocycles. The zero-order chi connectivity index (χ0) is 13.1. The first kappa shape index (κ1) is 12.6. The number of pyridine rings is 1. The first-order valence-corrected chi connectivity index (χ1v) is 6.00. The van der Waals surface area contributed by atoms with Gasteiger partial charge < -0.3 is 0 Å². The number of anilines is 1. The van der Waals surface area contributed by atoms with Crippen molar-refractivity contribution in [1.29, 1.82) is 0 Å². The van der Waals surface area contributed by atoms with Crippen molar-refractivity contribution in [3.8, 4) is 0 Å². The lowest BCUT2D eigenvalue weighted by Crippen LogP contribution is -2.21. The highest BCUT2D eigenvalue weighted by Crippen LogP contribution is 2.12. The molecule has 92 valence electrons. The van der Waals surface area contributed by atoms with Crippen LogP contribution in [0.15, 0.2) is 36.4 Å². The lowest BCUT2D eigenvalue weighted by molar-refractivity contribution is -0.370. The number of halogens is 1. The van der Waals surface area contributed by atoms with E-state index < -0.39 is 0 Å². The van der Waals surface area contributed by atoms with Crippen LogP contribution in [0.25, 0.3) is 0 Å². The molecule has 0 fully saturated rings. The molecule has 0 saturated carbocycles. The van der Waals surface area contributed by atoms with E-state index in [2.05, 4.69) is 10.3 Å². The van der Waals surface area contributed by atoms with Gasteiger partial charge in [0, 0.05) is 11.1 Å². The number of benzene rings is 1. The number of hydrogen-bond donors (Lipinski definition) is 1. The predicted molar refractivity (Wildman–Crippen MR) is 71.9 cm³/mol. The Hall–Kier alpha value is -1.87. The Bertz CT molecular complexity index is 576. The van der Waals surface area contributed by atoms with Gasteiger partial charge in [0.1, 0.15) is 0 Å². The van der Waals surface area contributed by atoms with E-state index >= 15 is 0 Å². The summed E-state index contributed by atoms with van der Waals surface area (Å²) in [6.45, 7) is 3.93. The SMILES string of the molecule is Cc1cc(C)[nH+]c(NC(=O)c2cccc(Cl)c2)c1. The molecule has 1 amide bonds. The van der Waals surface area contributed by atoms with Crippen LogP contribution in [0.2, 0.25) is 5.02 Å². The molecule has 0 radical (unpaired) electrons. The molecule has 2 aromatic rings. The number of aromatic nitrogens is 1. The molecular weight excluding hydrogens is 248 g/mol. The number of hydrogen-bond acceptors (Lipinski definition) is 1. The molecule has 1 heterocycles. The van der Waals surface area contributed by atoms with E-state index in [1.54, 1.807) is 24.3 Å². The number of nitrogens with one attached hydrogen (secondary N) is 2. The summed E-state index contributed by atoms with van der Waals surface area (Å²) in [5.41, 5.74) is 2.62. The molecule has 0 spiro atoms. The summed E-state index contributed by atoms with van der Waals surface area (Å²) in [6, 6.07) is 10.7. The molecular formula is C14H14ClN2O+. The van der Waals surface area contributed by atoms with Gasteiger partial charge in [-0.15, -0.1) is 0 Å². The smallest absolute Gasteiger partial charge is 0.245 e. The largest absolute Gasteiger partial charge is 0.339 e. The maximum absolute atomic E-state index is 12.0. The Morgan fingerprint density at radius 3 is 2.67 bits per heavy atom. The molecule has 4 heteroatoms. The van der Waals surface area contributed by atoms with Crippen molar-refractivity contribution in [3.05, 3.63) is 58.2 Å². The van der Waals surface area contributed by atoms with E-state index in [-0.39, 0.29) is 5.91 Å². The monoisotopic (exact) mass is 261 g/mol. The topological polar surface area (TPSA) is 43.2 Å². The van der Waals surface area contributed by atoms with Gasteiger partial charge >= 0.3 is 5.91 Å². The average Bonchev–Trinajstić information content (AvgIpc) is 2.27. The van der Waals surface area contributed by atoms with Crippen molar-refractivity contribution in [1.82, 2.24) is 0 Å². The summed E-state index contributed by atoms with van der Waals surface area (Å²) in [5.74, 6) is 0.497. The van der Waals surface area contributed by atoms with Crippen LogP contribution in [0.1, 0.15) is 21.6 Å². The van der Waals surface area contributed by atoms with Crippen molar-refractivity contribution >= 4 is 23.3 Å². The van der Waals surface area contributed by atoms with Gasteiger partial charge in [-0.05, 0) is 43.7 Å². The number of carbonyl (C=O) groups excluding carboxylic acids is 1. The van der Waals surface area contributed by atoms with Crippen molar-refractivity contribution in [2.24, 2.45) is 0 Å². The molecule has 0 atom stereocenters. The quantitative estimate of drug-likeness (QED) is 0.887. The van der Waals surface area contributed by atoms with Crippen LogP contribution in [-0.4, -0.2) is 5.91 Å². The second kappa shape index (κ2) is 5.19. The minimum atomic E-state index is -0.182. The number of rotatable bonds is 2. The van der Waals surface area contributed by atoms with E-state index in [1.807, 2.05) is 26.0 Å². The number of H-pyrrole nitrogens is 1. The molecule has 18 heavy (non-hydrogen) atoms. The molecule has 0 unspecified atom stereocenters. The molecule has 2 rings (SSSR count). The number of aromatic amines is 1. The van der Waals surface area contributed by atoms with Gasteiger partial charge in [0.15, 0.2) is 0 Å². The van der Waals surface area contributed by atoms with Crippen LogP contribution in [-0.2, 0) is 0 Å². The van der Waals surface area contributed by atoms with Gasteiger partial charge in [0.25, 0.3) is 5.82 Å². The first-order chi connectivity index (χ1) is 8.54. The third-order valence-corrected chi connectivity index (χ3v) is 2.72. The van der Waals surface area contributed by atoms with E-state index in [0.717, 1.165) is 11.3 Å². The minimum Gasteiger partial charge on any atom is -0.245 e. The summed E-state index contributed by atoms with van der Waals surface area (Å²) in [6.07, 6.45) is 0. The third kappa shape index (κ3) is 3.08. The Balaban J connectivity index is 2.21. The molecule has 0 aliphatic rings. The van der Waals surface area contributed by atoms with Crippen LogP contribution in [0.4, 0.5) is 5.82 Å². The zero-order valence-corrected chi connectivity index (χ0v) is 11.0. The van der Waals surface area contributed by atoms with Crippen molar-refractivity contribution in [3.63, 3.8) is 0 Å². The predicted octanol–water partition coefficient (Wildman–Crippen LogP) is 3.02. The van der Waals surface area contributed by atoms with Crippen LogP contribution < -0.4 is 10.3 Å². The van der Waals surface area contributed by atoms with E-state index in [4.69, 9.17) is 11.6 Å². The number of aryl methyl sites for hydroxylation is 2. The summed E-state index contributed by atoms with van der Waals surface area (Å²) in [5, 5.41) is 3.36. The Kier molecular flexibility index (Phi) is 3.63. The van der Waals surface area contributed by atoms with Gasteiger partial charge in [-0.25, -0.2) is 15.1 Å². The second-order valence-corrected chi connectivity index (χ2v) is 4.66. The van der Waals surface area contributed by atoms with Gasteiger partial charge in [0.2, 0.25) is 0 Å². The lowest BCUT2D eigenvalue weighted by atomic mass is 10.2. The first-order valence-electron chi connectivity index (χ1n) is 5.62. The molecule has 1 aromatic carbocycles. The van der Waals surface area contributed by atoms with Gasteiger partial charge in [-0.1, -0.05) is 17.7 Å². The molecule has 0 aliphatic carbocycles. The standard InChI is InChI=1S/C14H13ClN2O/c1-9-6-10(2)16-13(7-9)17-14(18)11-4-3-5-12(15)8-11/h3-8H,1-2H3,(H,16,17,18)/p+1. The second-order valence-electron chi connectivity index (χ2n) is 4.22. The normalized spacial score (nSPS) is 10.2. The zero-order valence-electron chi connectivity index (χ0n) is 10.3. The highest BCUT2D eigenvalue weighted by Gasteiger charge is 2.13. The molecule has 1 aromatic heterocycles.